The van der Waals surface area contributed by atoms with E-state index in [0.29, 0.717) is 67.9 Å². The summed E-state index contributed by atoms with van der Waals surface area (Å²) in [6, 6.07) is 8.98. The van der Waals surface area contributed by atoms with Crippen LogP contribution in [-0.4, -0.2) is 103 Å². The molecule has 2 aliphatic heterocycles. The van der Waals surface area contributed by atoms with Crippen molar-refractivity contribution in [2.45, 2.75) is 116 Å². The van der Waals surface area contributed by atoms with Gasteiger partial charge in [0.1, 0.15) is 17.3 Å². The van der Waals surface area contributed by atoms with Gasteiger partial charge in [0.05, 0.1) is 31.4 Å². The number of urea groups is 1. The molecule has 1 fully saturated rings. The Labute approximate surface area is 311 Å². The molecule has 2 atom stereocenters. The fourth-order valence-corrected chi connectivity index (χ4v) is 8.45. The number of benzene rings is 1. The molecule has 4 heterocycles. The molecule has 0 aliphatic carbocycles. The smallest absolute Gasteiger partial charge is 0.320 e. The van der Waals surface area contributed by atoms with Gasteiger partial charge in [-0.05, 0) is 102 Å². The highest BCUT2D eigenvalue weighted by atomic mass is 28.4. The second-order valence-electron chi connectivity index (χ2n) is 17.2. The quantitative estimate of drug-likeness (QED) is 0.214. The average molecular weight is 751 g/mol. The summed E-state index contributed by atoms with van der Waals surface area (Å²) >= 11 is 0. The van der Waals surface area contributed by atoms with Crippen LogP contribution >= 0.6 is 0 Å². The first-order valence-electron chi connectivity index (χ1n) is 18.3. The highest BCUT2D eigenvalue weighted by molar-refractivity contribution is 6.74. The zero-order valence-corrected chi connectivity index (χ0v) is 35.2. The Bertz CT molecular complexity index is 1770. The number of hydrogen-bond acceptors (Lipinski definition) is 9. The molecule has 3 amide bonds. The number of rotatable bonds is 10. The Morgan fingerprint density at radius 2 is 1.69 bits per heavy atom. The predicted octanol–water partition coefficient (Wildman–Crippen LogP) is 7.15. The summed E-state index contributed by atoms with van der Waals surface area (Å²) in [4.78, 5) is 35.9. The van der Waals surface area contributed by atoms with Crippen LogP contribution in [0.25, 0.3) is 11.5 Å². The minimum atomic E-state index is -1.97. The molecule has 0 spiro atoms. The van der Waals surface area contributed by atoms with E-state index in [0.717, 1.165) is 17.5 Å². The van der Waals surface area contributed by atoms with Gasteiger partial charge < -0.3 is 28.7 Å². The lowest BCUT2D eigenvalue weighted by atomic mass is 9.96. The topological polar surface area (TPSA) is 137 Å². The van der Waals surface area contributed by atoms with E-state index in [9.17, 15) is 9.59 Å². The Hall–Kier alpha value is -3.67. The van der Waals surface area contributed by atoms with E-state index in [2.05, 4.69) is 88.6 Å². The summed E-state index contributed by atoms with van der Waals surface area (Å²) in [5, 5.41) is 15.6. The summed E-state index contributed by atoms with van der Waals surface area (Å²) in [6.07, 6.45) is 1.58. The van der Waals surface area contributed by atoms with Crippen LogP contribution in [-0.2, 0) is 21.8 Å². The Morgan fingerprint density at radius 1 is 0.981 bits per heavy atom. The van der Waals surface area contributed by atoms with E-state index in [4.69, 9.17) is 18.6 Å². The van der Waals surface area contributed by atoms with Crippen molar-refractivity contribution in [2.75, 3.05) is 38.7 Å². The first kappa shape index (κ1) is 39.5. The number of aromatic nitrogens is 5. The molecule has 284 valence electrons. The molecule has 3 aromatic rings. The lowest BCUT2D eigenvalue weighted by Crippen LogP contribution is -2.47. The number of anilines is 1. The number of nitrogens with one attached hydrogen (secondary N) is 1. The second kappa shape index (κ2) is 15.0. The summed E-state index contributed by atoms with van der Waals surface area (Å²) in [7, 11) is -2.34. The lowest BCUT2D eigenvalue weighted by molar-refractivity contribution is 0.102. The monoisotopic (exact) mass is 750 g/mol. The molecule has 13 nitrogen and oxygen atoms in total. The van der Waals surface area contributed by atoms with Crippen molar-refractivity contribution in [1.29, 1.82) is 0 Å². The number of nitrogens with zero attached hydrogens (tertiary/aromatic N) is 7. The third-order valence-electron chi connectivity index (χ3n) is 11.4. The number of carbonyl (C=O) groups excluding carboxylic acids is 2. The summed E-state index contributed by atoms with van der Waals surface area (Å²) in [5.74, 6) is 0.933. The number of methoxy groups -OCH3 is 1. The van der Waals surface area contributed by atoms with Gasteiger partial charge in [-0.1, -0.05) is 47.6 Å². The van der Waals surface area contributed by atoms with Gasteiger partial charge in [0.15, 0.2) is 16.6 Å². The number of tetrazole rings is 1. The third kappa shape index (κ3) is 8.58. The third-order valence-corrected chi connectivity index (χ3v) is 20.4. The number of amides is 3. The number of fused-ring (bicyclic) bond motifs is 1. The van der Waals surface area contributed by atoms with E-state index in [1.807, 2.05) is 41.0 Å². The number of carbonyl (C=O) groups is 2. The molecule has 0 bridgehead atoms. The van der Waals surface area contributed by atoms with E-state index < -0.39 is 16.6 Å². The van der Waals surface area contributed by atoms with Gasteiger partial charge in [-0.2, -0.15) is 0 Å². The summed E-state index contributed by atoms with van der Waals surface area (Å²) < 4.78 is 20.5. The second-order valence-corrected chi connectivity index (χ2v) is 26.8. The maximum absolute atomic E-state index is 13.8. The van der Waals surface area contributed by atoms with Crippen LogP contribution in [0.4, 0.5) is 10.6 Å². The minimum absolute atomic E-state index is 0.0121. The van der Waals surface area contributed by atoms with Gasteiger partial charge >= 0.3 is 6.03 Å². The molecule has 2 unspecified atom stereocenters. The fourth-order valence-electron chi connectivity index (χ4n) is 5.98. The van der Waals surface area contributed by atoms with E-state index in [1.165, 1.54) is 0 Å². The van der Waals surface area contributed by atoms with Crippen LogP contribution in [0.1, 0.15) is 82.4 Å². The van der Waals surface area contributed by atoms with E-state index in [-0.39, 0.29) is 34.2 Å². The van der Waals surface area contributed by atoms with Crippen molar-refractivity contribution in [3.63, 3.8) is 0 Å². The normalized spacial score (nSPS) is 17.6. The molecule has 15 heteroatoms. The summed E-state index contributed by atoms with van der Waals surface area (Å²) in [6.45, 7) is 27.1. The highest BCUT2D eigenvalue weighted by Crippen LogP contribution is 2.39. The van der Waals surface area contributed by atoms with Gasteiger partial charge in [-0.3, -0.25) is 4.79 Å². The van der Waals surface area contributed by atoms with E-state index >= 15 is 0 Å². The molecule has 1 aromatic carbocycles. The van der Waals surface area contributed by atoms with Crippen molar-refractivity contribution in [3.05, 3.63) is 47.0 Å². The molecule has 1 saturated heterocycles. The Morgan fingerprint density at radius 3 is 2.37 bits per heavy atom. The van der Waals surface area contributed by atoms with Crippen molar-refractivity contribution >= 4 is 34.4 Å². The maximum Gasteiger partial charge on any atom is 0.320 e. The van der Waals surface area contributed by atoms with Gasteiger partial charge in [0.25, 0.3) is 5.91 Å². The van der Waals surface area contributed by atoms with Crippen LogP contribution in [0.2, 0.25) is 36.3 Å². The van der Waals surface area contributed by atoms with Crippen LogP contribution < -0.4 is 10.1 Å². The zero-order chi connectivity index (χ0) is 38.2. The van der Waals surface area contributed by atoms with Crippen LogP contribution in [0.3, 0.4) is 0 Å². The molecular formula is C37H58N8O5Si2. The fraction of sp³-hybridized carbons (Fsp3) is 0.622. The minimum Gasteiger partial charge on any atom is -0.496 e. The highest BCUT2D eigenvalue weighted by Gasteiger charge is 2.42. The van der Waals surface area contributed by atoms with E-state index in [1.54, 1.807) is 17.9 Å². The molecule has 0 saturated carbocycles. The molecular weight excluding hydrogens is 693 g/mol. The van der Waals surface area contributed by atoms with Gasteiger partial charge in [0, 0.05) is 26.2 Å². The predicted molar refractivity (Wildman–Crippen MR) is 208 cm³/mol. The first-order valence-corrected chi connectivity index (χ1v) is 24.1. The average Bonchev–Trinajstić information content (AvgIpc) is 3.75. The molecule has 2 aromatic heterocycles. The zero-order valence-electron chi connectivity index (χ0n) is 33.2. The molecule has 5 rings (SSSR count). The van der Waals surface area contributed by atoms with Gasteiger partial charge in [-0.15, -0.1) is 5.10 Å². The van der Waals surface area contributed by atoms with Crippen LogP contribution in [0.15, 0.2) is 30.3 Å². The van der Waals surface area contributed by atoms with Crippen molar-refractivity contribution in [3.8, 4) is 17.3 Å². The maximum atomic E-state index is 13.8. The lowest BCUT2D eigenvalue weighted by Gasteiger charge is -2.38. The molecule has 2 aliphatic rings. The molecule has 1 N–H and O–H groups in total. The number of likely N-dealkylation sites (tertiary alicyclic amines) is 1. The van der Waals surface area contributed by atoms with Crippen LogP contribution in [0, 0.1) is 0 Å². The largest absolute Gasteiger partial charge is 0.496 e. The standard InChI is InChI=1S/C37H58N8O5Si2/c1-25(24-49-51(9,10)36(2,3)4)45-33(40-41-42-45)30-14-13-15-32(38-30)39-34(46)29-20-27-22-43(18-16-26(27)21-31(29)48-8)35(47)44-19-17-28(23-44)50-52(11,12)37(5,6)7/h13-15,20-21,25,28H,16-19,22-24H2,1-12H3,(H,38,39,46). The Kier molecular flexibility index (Phi) is 11.4. The molecule has 0 radical (unpaired) electrons. The first-order chi connectivity index (χ1) is 24.2. The number of hydrogen-bond donors (Lipinski definition) is 1. The van der Waals surface area contributed by atoms with Crippen molar-refractivity contribution < 1.29 is 23.2 Å². The number of pyridine rings is 1. The van der Waals surface area contributed by atoms with Gasteiger partial charge in [-0.25, -0.2) is 14.5 Å². The SMILES string of the molecule is COc1cc2c(cc1C(=O)Nc1cccc(-c3nnnn3C(C)CO[Si](C)(C)C(C)(C)C)n1)CN(C(=O)N1CCC(O[Si](C)(C)C(C)(C)C)C1)CC2. The molecule has 52 heavy (non-hydrogen) atoms. The van der Waals surface area contributed by atoms with Crippen LogP contribution in [0.5, 0.6) is 5.75 Å². The summed E-state index contributed by atoms with van der Waals surface area (Å²) in [5.41, 5.74) is 2.88. The van der Waals surface area contributed by atoms with Crippen molar-refractivity contribution in [1.82, 2.24) is 35.0 Å². The van der Waals surface area contributed by atoms with Crippen molar-refractivity contribution in [2.24, 2.45) is 0 Å². The number of ether oxygens (including phenoxy) is 1. The Balaban J connectivity index is 1.27. The van der Waals surface area contributed by atoms with Gasteiger partial charge in [0.2, 0.25) is 5.82 Å².